The molecule has 0 bridgehead atoms. The van der Waals surface area contributed by atoms with E-state index >= 15 is 0 Å². The van der Waals surface area contributed by atoms with Crippen molar-refractivity contribution in [3.8, 4) is 5.75 Å². The summed E-state index contributed by atoms with van der Waals surface area (Å²) in [6.07, 6.45) is -8.76. The smallest absolute Gasteiger partial charge is 0.406 e. The van der Waals surface area contributed by atoms with Crippen molar-refractivity contribution in [2.75, 3.05) is 7.05 Å². The summed E-state index contributed by atoms with van der Waals surface area (Å²) in [6, 6.07) is 17.4. The second kappa shape index (κ2) is 11.5. The average molecular weight is 510 g/mol. The molecule has 0 aromatic heterocycles. The quantitative estimate of drug-likeness (QED) is 0.330. The van der Waals surface area contributed by atoms with Crippen LogP contribution in [0.15, 0.2) is 78.9 Å². The molecule has 1 amide bonds. The van der Waals surface area contributed by atoms with Gasteiger partial charge in [-0.2, -0.15) is 13.2 Å². The third kappa shape index (κ3) is 7.74. The summed E-state index contributed by atoms with van der Waals surface area (Å²) in [4.78, 5) is 12.7. The first-order valence-electron chi connectivity index (χ1n) is 11.0. The number of nitrogens with one attached hydrogen (secondary N) is 2. The van der Waals surface area contributed by atoms with E-state index in [9.17, 15) is 31.1 Å². The Hall–Kier alpha value is -3.53. The zero-order valence-corrected chi connectivity index (χ0v) is 19.2. The highest BCUT2D eigenvalue weighted by Gasteiger charge is 2.32. The molecule has 3 aromatic rings. The lowest BCUT2D eigenvalue weighted by atomic mass is 9.96. The van der Waals surface area contributed by atoms with Crippen LogP contribution in [0.4, 0.5) is 26.3 Å². The zero-order valence-electron chi connectivity index (χ0n) is 19.2. The van der Waals surface area contributed by atoms with E-state index in [2.05, 4.69) is 15.4 Å². The van der Waals surface area contributed by atoms with Crippen molar-refractivity contribution in [2.45, 2.75) is 37.5 Å². The summed E-state index contributed by atoms with van der Waals surface area (Å²) in [7, 11) is 1.47. The summed E-state index contributed by atoms with van der Waals surface area (Å²) < 4.78 is 81.0. The molecular formula is C26H24F6N2O2. The van der Waals surface area contributed by atoms with Crippen LogP contribution in [0.25, 0.3) is 0 Å². The third-order valence-corrected chi connectivity index (χ3v) is 5.51. The Morgan fingerprint density at radius 2 is 1.50 bits per heavy atom. The highest BCUT2D eigenvalue weighted by molar-refractivity contribution is 5.83. The fourth-order valence-electron chi connectivity index (χ4n) is 3.76. The predicted molar refractivity (Wildman–Crippen MR) is 122 cm³/mol. The number of benzene rings is 3. The fraction of sp³-hybridized carbons (Fsp3) is 0.269. The van der Waals surface area contributed by atoms with Gasteiger partial charge in [0.2, 0.25) is 5.91 Å². The molecule has 0 unspecified atom stereocenters. The number of rotatable bonds is 9. The molecule has 0 aliphatic heterocycles. The SMILES string of the molecule is CNC(=O)[C@H](N[C@H](CCc1ccc(C(F)(F)F)cc1)c1cccc(OC(F)(F)F)c1)c1ccccc1. The number of alkyl halides is 6. The largest absolute Gasteiger partial charge is 0.573 e. The predicted octanol–water partition coefficient (Wildman–Crippen LogP) is 6.35. The number of aryl methyl sites for hydroxylation is 1. The van der Waals surface area contributed by atoms with Gasteiger partial charge in [0.1, 0.15) is 11.8 Å². The van der Waals surface area contributed by atoms with E-state index in [0.29, 0.717) is 23.1 Å². The van der Waals surface area contributed by atoms with Crippen molar-refractivity contribution in [2.24, 2.45) is 0 Å². The van der Waals surface area contributed by atoms with Crippen molar-refractivity contribution in [3.63, 3.8) is 0 Å². The van der Waals surface area contributed by atoms with Crippen molar-refractivity contribution in [1.82, 2.24) is 10.6 Å². The Kier molecular flexibility index (Phi) is 8.62. The van der Waals surface area contributed by atoms with Gasteiger partial charge >= 0.3 is 12.5 Å². The molecule has 0 fully saturated rings. The lowest BCUT2D eigenvalue weighted by Gasteiger charge is -2.26. The van der Waals surface area contributed by atoms with E-state index < -0.39 is 35.9 Å². The van der Waals surface area contributed by atoms with Crippen LogP contribution in [-0.2, 0) is 17.4 Å². The summed E-state index contributed by atoms with van der Waals surface area (Å²) in [5, 5.41) is 5.78. The van der Waals surface area contributed by atoms with Crippen LogP contribution in [0.5, 0.6) is 5.75 Å². The number of ether oxygens (including phenoxy) is 1. The molecule has 192 valence electrons. The summed E-state index contributed by atoms with van der Waals surface area (Å²) >= 11 is 0. The minimum atomic E-state index is -4.88. The molecule has 4 nitrogen and oxygen atoms in total. The molecule has 0 heterocycles. The van der Waals surface area contributed by atoms with Crippen molar-refractivity contribution in [1.29, 1.82) is 0 Å². The van der Waals surface area contributed by atoms with Gasteiger partial charge in [0, 0.05) is 13.1 Å². The Morgan fingerprint density at radius 3 is 2.08 bits per heavy atom. The van der Waals surface area contributed by atoms with Crippen LogP contribution in [0.2, 0.25) is 0 Å². The number of amides is 1. The highest BCUT2D eigenvalue weighted by Crippen LogP contribution is 2.31. The molecular weight excluding hydrogens is 486 g/mol. The molecule has 0 aliphatic carbocycles. The molecule has 0 saturated heterocycles. The normalized spacial score (nSPS) is 13.6. The average Bonchev–Trinajstić information content (AvgIpc) is 2.83. The molecule has 2 atom stereocenters. The van der Waals surface area contributed by atoms with Crippen molar-refractivity contribution >= 4 is 5.91 Å². The maximum Gasteiger partial charge on any atom is 0.573 e. The van der Waals surface area contributed by atoms with Crippen LogP contribution in [-0.4, -0.2) is 19.3 Å². The van der Waals surface area contributed by atoms with Crippen LogP contribution in [0, 0.1) is 0 Å². The Labute approximate surface area is 204 Å². The van der Waals surface area contributed by atoms with E-state index in [1.807, 2.05) is 0 Å². The first-order valence-corrected chi connectivity index (χ1v) is 11.0. The van der Waals surface area contributed by atoms with Gasteiger partial charge in [0.15, 0.2) is 0 Å². The Balaban J connectivity index is 1.90. The van der Waals surface area contributed by atoms with Gasteiger partial charge in [-0.05, 0) is 53.8 Å². The highest BCUT2D eigenvalue weighted by atomic mass is 19.4. The van der Waals surface area contributed by atoms with Crippen LogP contribution in [0.3, 0.4) is 0 Å². The number of halogens is 6. The van der Waals surface area contributed by atoms with Crippen LogP contribution < -0.4 is 15.4 Å². The molecule has 0 aliphatic rings. The summed E-state index contributed by atoms with van der Waals surface area (Å²) in [5.74, 6) is -0.777. The molecule has 0 radical (unpaired) electrons. The van der Waals surface area contributed by atoms with Gasteiger partial charge in [-0.15, -0.1) is 13.2 Å². The molecule has 3 aromatic carbocycles. The van der Waals surface area contributed by atoms with E-state index in [1.165, 1.54) is 31.3 Å². The second-order valence-corrected chi connectivity index (χ2v) is 8.03. The van der Waals surface area contributed by atoms with E-state index in [4.69, 9.17) is 0 Å². The van der Waals surface area contributed by atoms with Crippen molar-refractivity contribution in [3.05, 3.63) is 101 Å². The van der Waals surface area contributed by atoms with Gasteiger partial charge < -0.3 is 10.1 Å². The number of carbonyl (C=O) groups excluding carboxylic acids is 1. The van der Waals surface area contributed by atoms with E-state index in [-0.39, 0.29) is 12.3 Å². The van der Waals surface area contributed by atoms with Gasteiger partial charge in [-0.25, -0.2) is 0 Å². The lowest BCUT2D eigenvalue weighted by Crippen LogP contribution is -2.38. The number of carbonyl (C=O) groups is 1. The minimum Gasteiger partial charge on any atom is -0.406 e. The maximum absolute atomic E-state index is 12.9. The molecule has 10 heteroatoms. The fourth-order valence-corrected chi connectivity index (χ4v) is 3.76. The third-order valence-electron chi connectivity index (χ3n) is 5.51. The van der Waals surface area contributed by atoms with Gasteiger partial charge in [-0.1, -0.05) is 54.6 Å². The number of hydrogen-bond donors (Lipinski definition) is 2. The van der Waals surface area contributed by atoms with Crippen LogP contribution >= 0.6 is 0 Å². The Bertz CT molecular complexity index is 1130. The van der Waals surface area contributed by atoms with Gasteiger partial charge in [0.25, 0.3) is 0 Å². The molecule has 3 rings (SSSR count). The second-order valence-electron chi connectivity index (χ2n) is 8.03. The van der Waals surface area contributed by atoms with E-state index in [0.717, 1.165) is 18.2 Å². The van der Waals surface area contributed by atoms with Crippen LogP contribution in [0.1, 0.15) is 40.8 Å². The standard InChI is InChI=1S/C26H24F6N2O2/c1-33-24(35)23(18-6-3-2-4-7-18)34-22(19-8-5-9-21(16-19)36-26(30,31)32)15-12-17-10-13-20(14-11-17)25(27,28)29/h2-11,13-14,16,22-23,34H,12,15H2,1H3,(H,33,35)/t22-,23-/m1/s1. The molecule has 2 N–H and O–H groups in total. The molecule has 36 heavy (non-hydrogen) atoms. The Morgan fingerprint density at radius 1 is 0.861 bits per heavy atom. The van der Waals surface area contributed by atoms with Gasteiger partial charge in [-0.3, -0.25) is 10.1 Å². The molecule has 0 spiro atoms. The summed E-state index contributed by atoms with van der Waals surface area (Å²) in [6.45, 7) is 0. The number of likely N-dealkylation sites (N-methyl/N-ethyl adjacent to an activating group) is 1. The topological polar surface area (TPSA) is 50.4 Å². The number of hydrogen-bond acceptors (Lipinski definition) is 3. The van der Waals surface area contributed by atoms with E-state index in [1.54, 1.807) is 36.4 Å². The maximum atomic E-state index is 12.9. The zero-order chi connectivity index (χ0) is 26.3. The lowest BCUT2D eigenvalue weighted by molar-refractivity contribution is -0.274. The van der Waals surface area contributed by atoms with Gasteiger partial charge in [0.05, 0.1) is 5.56 Å². The summed E-state index contributed by atoms with van der Waals surface area (Å²) in [5.41, 5.74) is 0.892. The van der Waals surface area contributed by atoms with Crippen molar-refractivity contribution < 1.29 is 35.9 Å². The first-order chi connectivity index (χ1) is 17.0. The minimum absolute atomic E-state index is 0.279. The molecule has 0 saturated carbocycles. The first kappa shape index (κ1) is 27.1. The monoisotopic (exact) mass is 510 g/mol.